The number of rotatable bonds is 4. The van der Waals surface area contributed by atoms with Crippen molar-refractivity contribution >= 4 is 22.9 Å². The summed E-state index contributed by atoms with van der Waals surface area (Å²) in [6, 6.07) is 22.3. The summed E-state index contributed by atoms with van der Waals surface area (Å²) in [6.07, 6.45) is 0.804. The molecular weight excluding hydrogens is 336 g/mol. The lowest BCUT2D eigenvalue weighted by Gasteiger charge is -2.03. The van der Waals surface area contributed by atoms with Gasteiger partial charge in [0, 0.05) is 27.4 Å². The molecule has 0 radical (unpaired) electrons. The fraction of sp³-hybridized carbons (Fsp3) is 0.0500. The van der Waals surface area contributed by atoms with E-state index in [4.69, 9.17) is 16.6 Å². The van der Waals surface area contributed by atoms with Crippen molar-refractivity contribution in [2.24, 2.45) is 0 Å². The molecule has 0 aliphatic carbocycles. The molecule has 0 saturated carbocycles. The maximum absolute atomic E-state index is 6.18. The van der Waals surface area contributed by atoms with E-state index in [1.165, 1.54) is 4.88 Å². The van der Waals surface area contributed by atoms with Gasteiger partial charge in [-0.25, -0.2) is 4.98 Å². The number of hydrogen-bond donors (Lipinski definition) is 1. The van der Waals surface area contributed by atoms with Gasteiger partial charge in [-0.2, -0.15) is 0 Å². The second kappa shape index (κ2) is 6.63. The highest BCUT2D eigenvalue weighted by molar-refractivity contribution is 7.09. The van der Waals surface area contributed by atoms with Crippen LogP contribution in [0.25, 0.3) is 22.5 Å². The number of aromatic nitrogens is 2. The maximum atomic E-state index is 6.18. The summed E-state index contributed by atoms with van der Waals surface area (Å²) in [7, 11) is 0. The Morgan fingerprint density at radius 2 is 1.75 bits per heavy atom. The molecule has 1 N–H and O–H groups in total. The second-order valence-electron chi connectivity index (χ2n) is 5.54. The zero-order chi connectivity index (χ0) is 16.4. The molecule has 0 aliphatic heterocycles. The van der Waals surface area contributed by atoms with Gasteiger partial charge >= 0.3 is 0 Å². The van der Waals surface area contributed by atoms with Gasteiger partial charge in [0.2, 0.25) is 0 Å². The molecule has 0 aliphatic rings. The lowest BCUT2D eigenvalue weighted by Crippen LogP contribution is -1.87. The van der Waals surface area contributed by atoms with Crippen molar-refractivity contribution in [3.8, 4) is 22.5 Å². The Hall–Kier alpha value is -2.36. The number of hydrogen-bond acceptors (Lipinski definition) is 2. The molecule has 4 rings (SSSR count). The quantitative estimate of drug-likeness (QED) is 0.477. The molecule has 4 aromatic rings. The van der Waals surface area contributed by atoms with Gasteiger partial charge in [-0.15, -0.1) is 11.3 Å². The van der Waals surface area contributed by atoms with E-state index in [1.54, 1.807) is 11.3 Å². The van der Waals surface area contributed by atoms with Crippen LogP contribution in [-0.2, 0) is 6.42 Å². The van der Waals surface area contributed by atoms with Crippen LogP contribution in [0.5, 0.6) is 0 Å². The van der Waals surface area contributed by atoms with Gasteiger partial charge in [0.25, 0.3) is 0 Å². The van der Waals surface area contributed by atoms with Gasteiger partial charge in [-0.05, 0) is 23.6 Å². The normalized spacial score (nSPS) is 10.9. The number of aromatic amines is 1. The van der Waals surface area contributed by atoms with Crippen LogP contribution < -0.4 is 0 Å². The predicted molar refractivity (Wildman–Crippen MR) is 102 cm³/mol. The van der Waals surface area contributed by atoms with Crippen molar-refractivity contribution < 1.29 is 0 Å². The van der Waals surface area contributed by atoms with Crippen LogP contribution in [0, 0.1) is 0 Å². The molecular formula is C20H15ClN2S. The monoisotopic (exact) mass is 350 g/mol. The van der Waals surface area contributed by atoms with Gasteiger partial charge in [-0.1, -0.05) is 60.1 Å². The number of halogens is 1. The lowest BCUT2D eigenvalue weighted by atomic mass is 10.1. The molecule has 2 aromatic carbocycles. The molecule has 0 unspecified atom stereocenters. The van der Waals surface area contributed by atoms with E-state index in [-0.39, 0.29) is 0 Å². The maximum Gasteiger partial charge on any atom is 0.112 e. The first-order chi connectivity index (χ1) is 11.8. The van der Waals surface area contributed by atoms with E-state index in [9.17, 15) is 0 Å². The topological polar surface area (TPSA) is 28.7 Å². The fourth-order valence-corrected chi connectivity index (χ4v) is 3.64. The largest absolute Gasteiger partial charge is 0.341 e. The van der Waals surface area contributed by atoms with Crippen LogP contribution in [-0.4, -0.2) is 9.97 Å². The average Bonchev–Trinajstić information content (AvgIpc) is 3.26. The predicted octanol–water partition coefficient (Wildman–Crippen LogP) is 6.05. The molecule has 0 bridgehead atoms. The van der Waals surface area contributed by atoms with Crippen molar-refractivity contribution in [1.29, 1.82) is 0 Å². The molecule has 0 saturated heterocycles. The van der Waals surface area contributed by atoms with Gasteiger partial charge in [0.15, 0.2) is 0 Å². The minimum atomic E-state index is 0.717. The van der Waals surface area contributed by atoms with E-state index < -0.39 is 0 Å². The molecule has 0 spiro atoms. The number of nitrogens with one attached hydrogen (secondary N) is 1. The van der Waals surface area contributed by atoms with Gasteiger partial charge in [0.1, 0.15) is 5.82 Å². The van der Waals surface area contributed by atoms with E-state index in [2.05, 4.69) is 34.6 Å². The zero-order valence-electron chi connectivity index (χ0n) is 12.9. The molecule has 0 fully saturated rings. The van der Waals surface area contributed by atoms with Crippen molar-refractivity contribution in [3.05, 3.63) is 87.8 Å². The molecule has 4 heteroatoms. The Morgan fingerprint density at radius 3 is 2.50 bits per heavy atom. The Bertz CT molecular complexity index is 943. The Kier molecular flexibility index (Phi) is 4.20. The molecule has 2 heterocycles. The summed E-state index contributed by atoms with van der Waals surface area (Å²) < 4.78 is 0. The summed E-state index contributed by atoms with van der Waals surface area (Å²) in [5, 5.41) is 2.81. The van der Waals surface area contributed by atoms with E-state index in [0.29, 0.717) is 5.02 Å². The SMILES string of the molecule is Clc1cccc(-c2nc(Cc3cccs3)[nH]c2-c2ccccc2)c1. The van der Waals surface area contributed by atoms with Crippen molar-refractivity contribution in [1.82, 2.24) is 9.97 Å². The summed E-state index contributed by atoms with van der Waals surface area (Å²) in [5.41, 5.74) is 4.12. The van der Waals surface area contributed by atoms with Crippen molar-refractivity contribution in [2.75, 3.05) is 0 Å². The van der Waals surface area contributed by atoms with Gasteiger partial charge in [-0.3, -0.25) is 0 Å². The highest BCUT2D eigenvalue weighted by Crippen LogP contribution is 2.32. The number of thiophene rings is 1. The van der Waals surface area contributed by atoms with Crippen LogP contribution in [0.2, 0.25) is 5.02 Å². The second-order valence-corrected chi connectivity index (χ2v) is 7.01. The van der Waals surface area contributed by atoms with Crippen molar-refractivity contribution in [2.45, 2.75) is 6.42 Å². The minimum Gasteiger partial charge on any atom is -0.341 e. The smallest absolute Gasteiger partial charge is 0.112 e. The minimum absolute atomic E-state index is 0.717. The highest BCUT2D eigenvalue weighted by Gasteiger charge is 2.14. The molecule has 2 nitrogen and oxygen atoms in total. The Labute approximate surface area is 149 Å². The van der Waals surface area contributed by atoms with Crippen LogP contribution in [0.3, 0.4) is 0 Å². The van der Waals surface area contributed by atoms with Crippen LogP contribution >= 0.6 is 22.9 Å². The van der Waals surface area contributed by atoms with Crippen LogP contribution in [0.4, 0.5) is 0 Å². The lowest BCUT2D eigenvalue weighted by molar-refractivity contribution is 1.05. The first-order valence-electron chi connectivity index (χ1n) is 7.72. The van der Waals surface area contributed by atoms with Gasteiger partial charge < -0.3 is 4.98 Å². The van der Waals surface area contributed by atoms with E-state index >= 15 is 0 Å². The Morgan fingerprint density at radius 1 is 0.917 bits per heavy atom. The fourth-order valence-electron chi connectivity index (χ4n) is 2.74. The number of benzene rings is 2. The molecule has 0 atom stereocenters. The van der Waals surface area contributed by atoms with E-state index in [0.717, 1.165) is 34.8 Å². The van der Waals surface area contributed by atoms with Crippen LogP contribution in [0.15, 0.2) is 72.1 Å². The first-order valence-corrected chi connectivity index (χ1v) is 8.98. The highest BCUT2D eigenvalue weighted by atomic mass is 35.5. The zero-order valence-corrected chi connectivity index (χ0v) is 14.4. The molecule has 118 valence electrons. The van der Waals surface area contributed by atoms with Crippen LogP contribution in [0.1, 0.15) is 10.7 Å². The number of H-pyrrole nitrogens is 1. The Balaban J connectivity index is 1.82. The van der Waals surface area contributed by atoms with E-state index in [1.807, 2.05) is 42.5 Å². The summed E-state index contributed by atoms with van der Waals surface area (Å²) in [5.74, 6) is 0.964. The molecule has 2 aromatic heterocycles. The summed E-state index contributed by atoms with van der Waals surface area (Å²) in [4.78, 5) is 9.66. The summed E-state index contributed by atoms with van der Waals surface area (Å²) in [6.45, 7) is 0. The molecule has 0 amide bonds. The average molecular weight is 351 g/mol. The van der Waals surface area contributed by atoms with Crippen molar-refractivity contribution in [3.63, 3.8) is 0 Å². The third kappa shape index (κ3) is 3.14. The third-order valence-electron chi connectivity index (χ3n) is 3.84. The van der Waals surface area contributed by atoms with Gasteiger partial charge in [0.05, 0.1) is 11.4 Å². The molecule has 24 heavy (non-hydrogen) atoms. The standard InChI is InChI=1S/C20H15ClN2S/c21-16-9-4-8-15(12-16)20-19(14-6-2-1-3-7-14)22-18(23-20)13-17-10-5-11-24-17/h1-12H,13H2,(H,22,23). The number of imidazole rings is 1. The first kappa shape index (κ1) is 15.2. The number of nitrogens with zero attached hydrogens (tertiary/aromatic N) is 1. The third-order valence-corrected chi connectivity index (χ3v) is 4.95. The summed E-state index contributed by atoms with van der Waals surface area (Å²) >= 11 is 7.92.